The highest BCUT2D eigenvalue weighted by atomic mass is 28.1. The van der Waals surface area contributed by atoms with E-state index in [-0.39, 0.29) is 6.61 Å². The summed E-state index contributed by atoms with van der Waals surface area (Å²) in [5.74, 6) is 0.477. The van der Waals surface area contributed by atoms with Gasteiger partial charge in [-0.2, -0.15) is 4.98 Å². The Kier molecular flexibility index (Phi) is 4.07. The zero-order valence-electron chi connectivity index (χ0n) is 12.7. The third kappa shape index (κ3) is 2.44. The molecule has 0 aromatic carbocycles. The molecule has 116 valence electrons. The van der Waals surface area contributed by atoms with E-state index in [1.807, 2.05) is 0 Å². The van der Waals surface area contributed by atoms with Crippen molar-refractivity contribution in [3.8, 4) is 0 Å². The van der Waals surface area contributed by atoms with Crippen molar-refractivity contribution in [2.45, 2.75) is 24.0 Å². The second-order valence-corrected chi connectivity index (χ2v) is 6.74. The van der Waals surface area contributed by atoms with E-state index in [4.69, 9.17) is 9.47 Å². The third-order valence-corrected chi connectivity index (χ3v) is 5.33. The Morgan fingerprint density at radius 3 is 2.90 bits per heavy atom. The van der Waals surface area contributed by atoms with Gasteiger partial charge in [0.25, 0.3) is 0 Å². The molecule has 3 atom stereocenters. The summed E-state index contributed by atoms with van der Waals surface area (Å²) in [7, 11) is 3.65. The SMILES string of the molecule is C=C1[C@](C)(O)[C@@H](COC)O[C@@]1([SiH3])n1ccc(NC)nc1=O. The molecule has 1 aromatic heterocycles. The highest BCUT2D eigenvalue weighted by molar-refractivity contribution is 6.15. The van der Waals surface area contributed by atoms with Crippen LogP contribution >= 0.6 is 0 Å². The average molecular weight is 311 g/mol. The molecule has 1 fully saturated rings. The second kappa shape index (κ2) is 5.37. The van der Waals surface area contributed by atoms with E-state index >= 15 is 0 Å². The molecule has 8 heteroatoms. The van der Waals surface area contributed by atoms with Crippen molar-refractivity contribution in [3.63, 3.8) is 0 Å². The van der Waals surface area contributed by atoms with Gasteiger partial charge in [-0.25, -0.2) is 4.79 Å². The van der Waals surface area contributed by atoms with E-state index in [9.17, 15) is 9.90 Å². The van der Waals surface area contributed by atoms with Gasteiger partial charge in [-0.1, -0.05) is 6.58 Å². The van der Waals surface area contributed by atoms with E-state index in [0.717, 1.165) is 0 Å². The molecular weight excluding hydrogens is 290 g/mol. The Balaban J connectivity index is 2.48. The predicted molar refractivity (Wildman–Crippen MR) is 82.5 cm³/mol. The summed E-state index contributed by atoms with van der Waals surface area (Å²) >= 11 is 0. The summed E-state index contributed by atoms with van der Waals surface area (Å²) in [4.78, 5) is 16.1. The van der Waals surface area contributed by atoms with Gasteiger partial charge in [-0.05, 0) is 13.0 Å². The van der Waals surface area contributed by atoms with Gasteiger partial charge < -0.3 is 19.9 Å². The summed E-state index contributed by atoms with van der Waals surface area (Å²) in [6, 6.07) is 1.68. The number of methoxy groups -OCH3 is 1. The number of aromatic nitrogens is 2. The largest absolute Gasteiger partial charge is 0.383 e. The zero-order chi connectivity index (χ0) is 15.8. The Hall–Kier alpha value is -1.48. The molecule has 21 heavy (non-hydrogen) atoms. The van der Waals surface area contributed by atoms with Crippen molar-refractivity contribution >= 4 is 16.1 Å². The van der Waals surface area contributed by atoms with E-state index in [0.29, 0.717) is 21.6 Å². The van der Waals surface area contributed by atoms with Crippen LogP contribution in [0.1, 0.15) is 6.92 Å². The maximum Gasteiger partial charge on any atom is 0.351 e. The van der Waals surface area contributed by atoms with Gasteiger partial charge in [0.15, 0.2) is 0 Å². The van der Waals surface area contributed by atoms with Crippen molar-refractivity contribution in [2.24, 2.45) is 0 Å². The lowest BCUT2D eigenvalue weighted by molar-refractivity contribution is -0.0967. The van der Waals surface area contributed by atoms with Crippen LogP contribution in [0.4, 0.5) is 5.82 Å². The van der Waals surface area contributed by atoms with Crippen LogP contribution in [0.5, 0.6) is 0 Å². The highest BCUT2D eigenvalue weighted by Gasteiger charge is 2.54. The molecule has 0 spiro atoms. The summed E-state index contributed by atoms with van der Waals surface area (Å²) < 4.78 is 12.4. The average Bonchev–Trinajstić information content (AvgIpc) is 2.61. The first-order valence-electron chi connectivity index (χ1n) is 6.64. The van der Waals surface area contributed by atoms with Crippen molar-refractivity contribution in [1.29, 1.82) is 0 Å². The third-order valence-electron chi connectivity index (χ3n) is 4.01. The molecule has 0 unspecified atom stereocenters. The van der Waals surface area contributed by atoms with Gasteiger partial charge in [0, 0.05) is 25.9 Å². The van der Waals surface area contributed by atoms with Crippen LogP contribution < -0.4 is 11.0 Å². The minimum atomic E-state index is -1.27. The second-order valence-electron chi connectivity index (χ2n) is 5.39. The number of nitrogens with one attached hydrogen (secondary N) is 1. The molecule has 1 saturated heterocycles. The van der Waals surface area contributed by atoms with Crippen LogP contribution in [0.2, 0.25) is 0 Å². The molecule has 0 radical (unpaired) electrons. The summed E-state index contributed by atoms with van der Waals surface area (Å²) in [6.45, 7) is 5.79. The zero-order valence-corrected chi connectivity index (χ0v) is 14.7. The first-order valence-corrected chi connectivity index (χ1v) is 7.64. The maximum atomic E-state index is 12.2. The van der Waals surface area contributed by atoms with Crippen molar-refractivity contribution in [1.82, 2.24) is 9.55 Å². The molecule has 0 aliphatic carbocycles. The molecular formula is C13H21N3O4Si. The van der Waals surface area contributed by atoms with E-state index in [1.54, 1.807) is 26.2 Å². The molecule has 1 aliphatic heterocycles. The summed E-state index contributed by atoms with van der Waals surface area (Å²) in [6.07, 6.45) is 1.02. The number of hydrogen-bond acceptors (Lipinski definition) is 6. The molecule has 7 nitrogen and oxygen atoms in total. The fourth-order valence-corrected chi connectivity index (χ4v) is 3.67. The van der Waals surface area contributed by atoms with Gasteiger partial charge in [0.05, 0.1) is 16.8 Å². The number of nitrogens with zero attached hydrogens (tertiary/aromatic N) is 2. The molecule has 2 heterocycles. The Morgan fingerprint density at radius 2 is 2.38 bits per heavy atom. The quantitative estimate of drug-likeness (QED) is 0.526. The fraction of sp³-hybridized carbons (Fsp3) is 0.538. The minimum Gasteiger partial charge on any atom is -0.383 e. The van der Waals surface area contributed by atoms with Crippen molar-refractivity contribution in [2.75, 3.05) is 26.1 Å². The lowest BCUT2D eigenvalue weighted by Crippen LogP contribution is -2.44. The topological polar surface area (TPSA) is 85.6 Å². The van der Waals surface area contributed by atoms with Crippen LogP contribution in [-0.4, -0.2) is 57.4 Å². The first kappa shape index (κ1) is 15.9. The normalized spacial score (nSPS) is 32.6. The van der Waals surface area contributed by atoms with Crippen molar-refractivity contribution in [3.05, 3.63) is 34.9 Å². The predicted octanol–water partition coefficient (Wildman–Crippen LogP) is -1.39. The van der Waals surface area contributed by atoms with Gasteiger partial charge in [0.2, 0.25) is 0 Å². The summed E-state index contributed by atoms with van der Waals surface area (Å²) in [5.41, 5.74) is -1.27. The Bertz CT molecular complexity index is 616. The number of ether oxygens (including phenoxy) is 2. The van der Waals surface area contributed by atoms with Gasteiger partial charge in [0.1, 0.15) is 22.9 Å². The number of rotatable bonds is 4. The fourth-order valence-electron chi connectivity index (χ4n) is 2.54. The van der Waals surface area contributed by atoms with Crippen molar-refractivity contribution < 1.29 is 14.6 Å². The standard InChI is InChI=1S/C13H21N3O4Si/c1-8-12(2,18)9(7-19-4)20-13(8,21)16-6-5-10(14-3)15-11(16)17/h5-6,9,18H,1,7H2,2-4,21H3,(H,14,15,17)/t9-,12+,13+/m1/s1. The molecule has 2 N–H and O–H groups in total. The van der Waals surface area contributed by atoms with Gasteiger partial charge >= 0.3 is 5.69 Å². The lowest BCUT2D eigenvalue weighted by atomic mass is 9.93. The minimum absolute atomic E-state index is 0.215. The monoisotopic (exact) mass is 311 g/mol. The van der Waals surface area contributed by atoms with Gasteiger partial charge in [-0.3, -0.25) is 4.57 Å². The number of hydrogen-bond donors (Lipinski definition) is 2. The smallest absolute Gasteiger partial charge is 0.351 e. The van der Waals surface area contributed by atoms with Gasteiger partial charge in [-0.15, -0.1) is 0 Å². The van der Waals surface area contributed by atoms with Crippen LogP contribution in [0.3, 0.4) is 0 Å². The number of aliphatic hydroxyl groups is 1. The van der Waals surface area contributed by atoms with E-state index in [1.165, 1.54) is 11.7 Å². The Labute approximate surface area is 126 Å². The van der Waals surface area contributed by atoms with Crippen LogP contribution in [0.15, 0.2) is 29.2 Å². The van der Waals surface area contributed by atoms with Crippen LogP contribution in [0.25, 0.3) is 0 Å². The molecule has 0 bridgehead atoms. The molecule has 0 amide bonds. The molecule has 2 rings (SSSR count). The molecule has 1 aromatic rings. The van der Waals surface area contributed by atoms with Crippen LogP contribution in [0, 0.1) is 0 Å². The van der Waals surface area contributed by atoms with E-state index < -0.39 is 22.7 Å². The molecule has 1 aliphatic rings. The lowest BCUT2D eigenvalue weighted by Gasteiger charge is -2.29. The molecule has 0 saturated carbocycles. The maximum absolute atomic E-state index is 12.2. The Morgan fingerprint density at radius 1 is 1.71 bits per heavy atom. The number of anilines is 1. The highest BCUT2D eigenvalue weighted by Crippen LogP contribution is 2.42. The van der Waals surface area contributed by atoms with Crippen LogP contribution in [-0.2, 0) is 14.8 Å². The first-order chi connectivity index (χ1) is 9.77. The summed E-state index contributed by atoms with van der Waals surface area (Å²) in [5, 5.41) is 12.4. The van der Waals surface area contributed by atoms with E-state index in [2.05, 4.69) is 16.9 Å².